The average Bonchev–Trinajstić information content (AvgIpc) is 1.85. The van der Waals surface area contributed by atoms with E-state index in [1.807, 2.05) is 0 Å². The smallest absolute Gasteiger partial charge is 0.293 e. The second-order valence-electron chi connectivity index (χ2n) is 1.54. The molecule has 0 aliphatic carbocycles. The summed E-state index contributed by atoms with van der Waals surface area (Å²) in [7, 11) is 0. The highest BCUT2D eigenvalue weighted by Gasteiger charge is 1.97. The predicted octanol–water partition coefficient (Wildman–Crippen LogP) is 0.708. The lowest BCUT2D eigenvalue weighted by Crippen LogP contribution is -2.12. The van der Waals surface area contributed by atoms with Crippen LogP contribution in [0.15, 0.2) is 12.8 Å². The number of hydrogen-bond donors (Lipinski definition) is 0. The first-order valence-electron chi connectivity index (χ1n) is 2.63. The predicted molar refractivity (Wildman–Crippen MR) is 32.8 cm³/mol. The molecule has 9 heavy (non-hydrogen) atoms. The molecule has 0 fully saturated rings. The van der Waals surface area contributed by atoms with Crippen molar-refractivity contribution < 1.29 is 14.3 Å². The lowest BCUT2D eigenvalue weighted by Gasteiger charge is -2.07. The summed E-state index contributed by atoms with van der Waals surface area (Å²) in [6.45, 7) is 5.79. The molecule has 0 aliphatic heterocycles. The summed E-state index contributed by atoms with van der Waals surface area (Å²) in [5.41, 5.74) is 0. The molecular weight excluding hydrogens is 120 g/mol. The fourth-order valence-corrected chi connectivity index (χ4v) is 0.378. The molecule has 0 rings (SSSR count). The summed E-state index contributed by atoms with van der Waals surface area (Å²) in [5.74, 6) is 0. The minimum Gasteiger partial charge on any atom is -0.495 e. The summed E-state index contributed by atoms with van der Waals surface area (Å²) in [5, 5.41) is 0. The Bertz CT molecular complexity index is 90.3. The highest BCUT2D eigenvalue weighted by molar-refractivity contribution is 5.36. The van der Waals surface area contributed by atoms with Crippen LogP contribution in [-0.2, 0) is 14.3 Å². The molecule has 0 saturated heterocycles. The van der Waals surface area contributed by atoms with Gasteiger partial charge in [-0.05, 0) is 6.92 Å². The fourth-order valence-electron chi connectivity index (χ4n) is 0.378. The van der Waals surface area contributed by atoms with Gasteiger partial charge in [0.05, 0.1) is 6.26 Å². The van der Waals surface area contributed by atoms with Crippen molar-refractivity contribution in [2.45, 2.75) is 13.0 Å². The van der Waals surface area contributed by atoms with E-state index in [-0.39, 0.29) is 12.7 Å². The van der Waals surface area contributed by atoms with Gasteiger partial charge >= 0.3 is 0 Å². The van der Waals surface area contributed by atoms with E-state index in [4.69, 9.17) is 4.74 Å². The monoisotopic (exact) mass is 130 g/mol. The normalized spacial score (nSPS) is 11.7. The number of carbonyl (C=O) groups excluding carboxylic acids is 1. The topological polar surface area (TPSA) is 35.5 Å². The van der Waals surface area contributed by atoms with Crippen molar-refractivity contribution in [3.8, 4) is 0 Å². The molecule has 52 valence electrons. The third-order valence-electron chi connectivity index (χ3n) is 0.728. The summed E-state index contributed by atoms with van der Waals surface area (Å²) in [4.78, 5) is 9.61. The first-order chi connectivity index (χ1) is 4.31. The van der Waals surface area contributed by atoms with Gasteiger partial charge in [0.25, 0.3) is 6.47 Å². The van der Waals surface area contributed by atoms with Gasteiger partial charge in [-0.2, -0.15) is 0 Å². The summed E-state index contributed by atoms with van der Waals surface area (Å²) in [6.07, 6.45) is 1.21. The second kappa shape index (κ2) is 5.15. The Labute approximate surface area is 54.3 Å². The zero-order chi connectivity index (χ0) is 7.11. The van der Waals surface area contributed by atoms with Crippen LogP contribution in [0.2, 0.25) is 0 Å². The van der Waals surface area contributed by atoms with Crippen molar-refractivity contribution in [2.24, 2.45) is 0 Å². The van der Waals surface area contributed by atoms with E-state index in [0.29, 0.717) is 6.47 Å². The molecule has 0 radical (unpaired) electrons. The molecule has 0 aromatic carbocycles. The molecule has 3 nitrogen and oxygen atoms in total. The van der Waals surface area contributed by atoms with Crippen LogP contribution in [0.25, 0.3) is 0 Å². The Kier molecular flexibility index (Phi) is 4.59. The largest absolute Gasteiger partial charge is 0.495 e. The molecule has 0 spiro atoms. The summed E-state index contributed by atoms with van der Waals surface area (Å²) < 4.78 is 9.22. The van der Waals surface area contributed by atoms with Gasteiger partial charge in [0.15, 0.2) is 0 Å². The molecule has 0 aromatic heterocycles. The van der Waals surface area contributed by atoms with Gasteiger partial charge in [0, 0.05) is 0 Å². The second-order valence-corrected chi connectivity index (χ2v) is 1.54. The van der Waals surface area contributed by atoms with E-state index in [9.17, 15) is 4.79 Å². The minimum absolute atomic E-state index is 0.104. The van der Waals surface area contributed by atoms with E-state index in [2.05, 4.69) is 11.3 Å². The maximum atomic E-state index is 9.61. The quantitative estimate of drug-likeness (QED) is 0.406. The van der Waals surface area contributed by atoms with Crippen molar-refractivity contribution in [1.82, 2.24) is 0 Å². The molecule has 0 aromatic rings. The molecule has 0 N–H and O–H groups in total. The number of ether oxygens (including phenoxy) is 2. The van der Waals surface area contributed by atoms with Gasteiger partial charge < -0.3 is 9.47 Å². The van der Waals surface area contributed by atoms with Gasteiger partial charge in [-0.1, -0.05) is 6.58 Å². The fraction of sp³-hybridized carbons (Fsp3) is 0.500. The number of carbonyl (C=O) groups is 1. The highest BCUT2D eigenvalue weighted by atomic mass is 16.5. The van der Waals surface area contributed by atoms with Crippen LogP contribution in [-0.4, -0.2) is 19.2 Å². The van der Waals surface area contributed by atoms with Gasteiger partial charge in [-0.15, -0.1) is 0 Å². The lowest BCUT2D eigenvalue weighted by atomic mass is 10.4. The van der Waals surface area contributed by atoms with Gasteiger partial charge in [0.1, 0.15) is 12.7 Å². The van der Waals surface area contributed by atoms with Crippen molar-refractivity contribution >= 4 is 6.47 Å². The van der Waals surface area contributed by atoms with Crippen molar-refractivity contribution in [2.75, 3.05) is 6.61 Å². The van der Waals surface area contributed by atoms with Crippen molar-refractivity contribution in [1.29, 1.82) is 0 Å². The first kappa shape index (κ1) is 8.01. The Morgan fingerprint density at radius 1 is 1.78 bits per heavy atom. The van der Waals surface area contributed by atoms with Crippen molar-refractivity contribution in [3.63, 3.8) is 0 Å². The molecule has 0 saturated carbocycles. The Balaban J connectivity index is 3.14. The van der Waals surface area contributed by atoms with Gasteiger partial charge in [0.2, 0.25) is 0 Å². The third kappa shape index (κ3) is 4.87. The summed E-state index contributed by atoms with van der Waals surface area (Å²) in [6, 6.07) is 0. The molecule has 0 aliphatic rings. The van der Waals surface area contributed by atoms with E-state index in [1.165, 1.54) is 6.26 Å². The molecule has 0 bridgehead atoms. The minimum atomic E-state index is -0.104. The van der Waals surface area contributed by atoms with Crippen LogP contribution in [0.5, 0.6) is 0 Å². The summed E-state index contributed by atoms with van der Waals surface area (Å²) >= 11 is 0. The van der Waals surface area contributed by atoms with Crippen molar-refractivity contribution in [3.05, 3.63) is 12.8 Å². The molecule has 1 unspecified atom stereocenters. The van der Waals surface area contributed by atoms with Crippen LogP contribution >= 0.6 is 0 Å². The van der Waals surface area contributed by atoms with E-state index < -0.39 is 0 Å². The average molecular weight is 130 g/mol. The van der Waals surface area contributed by atoms with Crippen LogP contribution in [0.1, 0.15) is 6.92 Å². The maximum Gasteiger partial charge on any atom is 0.293 e. The molecular formula is C6H10O3. The Hall–Kier alpha value is -0.990. The van der Waals surface area contributed by atoms with E-state index in [0.717, 1.165) is 0 Å². The van der Waals surface area contributed by atoms with E-state index in [1.54, 1.807) is 6.92 Å². The van der Waals surface area contributed by atoms with Crippen LogP contribution in [0.3, 0.4) is 0 Å². The third-order valence-corrected chi connectivity index (χ3v) is 0.728. The molecule has 0 amide bonds. The molecule has 3 heteroatoms. The number of rotatable bonds is 5. The standard InChI is InChI=1S/C6H10O3/c1-3-9-6(2)4-8-5-7/h3,5-6H,1,4H2,2H3. The van der Waals surface area contributed by atoms with Gasteiger partial charge in [-0.3, -0.25) is 4.79 Å². The maximum absolute atomic E-state index is 9.61. The van der Waals surface area contributed by atoms with Crippen LogP contribution in [0.4, 0.5) is 0 Å². The highest BCUT2D eigenvalue weighted by Crippen LogP contribution is 1.89. The first-order valence-corrected chi connectivity index (χ1v) is 2.63. The lowest BCUT2D eigenvalue weighted by molar-refractivity contribution is -0.131. The Morgan fingerprint density at radius 3 is 2.89 bits per heavy atom. The zero-order valence-electron chi connectivity index (χ0n) is 5.37. The molecule has 1 atom stereocenters. The van der Waals surface area contributed by atoms with Gasteiger partial charge in [-0.25, -0.2) is 0 Å². The molecule has 0 heterocycles. The Morgan fingerprint density at radius 2 is 2.44 bits per heavy atom. The van der Waals surface area contributed by atoms with Crippen LogP contribution in [0, 0.1) is 0 Å². The zero-order valence-corrected chi connectivity index (χ0v) is 5.37. The van der Waals surface area contributed by atoms with E-state index >= 15 is 0 Å². The van der Waals surface area contributed by atoms with Crippen LogP contribution < -0.4 is 0 Å². The number of hydrogen-bond acceptors (Lipinski definition) is 3. The SMILES string of the molecule is C=COC(C)COC=O.